The highest BCUT2D eigenvalue weighted by molar-refractivity contribution is 6.01. The molecule has 0 radical (unpaired) electrons. The maximum atomic E-state index is 9.32. The van der Waals surface area contributed by atoms with E-state index in [0.29, 0.717) is 29.1 Å². The standard InChI is InChI=1S/C15H16N4O2/c1-10-5-6-13(14(18-20)19-9-11(19)2)15(17-10)21-12-4-3-7-16-8-12/h3-8,11,20H,9H2,1-2H3/b18-14-. The lowest BCUT2D eigenvalue weighted by Crippen LogP contribution is -2.16. The minimum Gasteiger partial charge on any atom is -0.437 e. The molecule has 1 unspecified atom stereocenters. The Labute approximate surface area is 122 Å². The molecule has 3 rings (SSSR count). The van der Waals surface area contributed by atoms with Crippen molar-refractivity contribution in [1.29, 1.82) is 0 Å². The van der Waals surface area contributed by atoms with Crippen LogP contribution in [0.5, 0.6) is 11.6 Å². The average Bonchev–Trinajstić information content (AvgIpc) is 3.20. The van der Waals surface area contributed by atoms with E-state index in [4.69, 9.17) is 4.74 Å². The van der Waals surface area contributed by atoms with Crippen LogP contribution in [0.4, 0.5) is 0 Å². The fraction of sp³-hybridized carbons (Fsp3) is 0.267. The number of rotatable bonds is 3. The number of ether oxygens (including phenoxy) is 1. The summed E-state index contributed by atoms with van der Waals surface area (Å²) >= 11 is 0. The van der Waals surface area contributed by atoms with Crippen molar-refractivity contribution in [3.8, 4) is 11.6 Å². The molecule has 2 aromatic heterocycles. The Balaban J connectivity index is 1.97. The lowest BCUT2D eigenvalue weighted by atomic mass is 10.2. The van der Waals surface area contributed by atoms with Gasteiger partial charge in [0, 0.05) is 24.5 Å². The van der Waals surface area contributed by atoms with Crippen LogP contribution in [0.25, 0.3) is 0 Å². The largest absolute Gasteiger partial charge is 0.437 e. The Morgan fingerprint density at radius 1 is 1.43 bits per heavy atom. The first-order chi connectivity index (χ1) is 10.2. The second kappa shape index (κ2) is 5.40. The van der Waals surface area contributed by atoms with Crippen molar-refractivity contribution in [3.63, 3.8) is 0 Å². The second-order valence-electron chi connectivity index (χ2n) is 5.02. The van der Waals surface area contributed by atoms with E-state index in [1.165, 1.54) is 0 Å². The van der Waals surface area contributed by atoms with Gasteiger partial charge in [0.15, 0.2) is 5.84 Å². The van der Waals surface area contributed by atoms with Gasteiger partial charge in [-0.1, -0.05) is 5.16 Å². The topological polar surface area (TPSA) is 70.6 Å². The van der Waals surface area contributed by atoms with Crippen molar-refractivity contribution >= 4 is 5.84 Å². The summed E-state index contributed by atoms with van der Waals surface area (Å²) in [5.41, 5.74) is 1.49. The summed E-state index contributed by atoms with van der Waals surface area (Å²) in [5.74, 6) is 1.48. The Hall–Kier alpha value is -2.63. The SMILES string of the molecule is Cc1ccc(/C(=N/O)N2CC2C)c(Oc2cccnc2)n1. The smallest absolute Gasteiger partial charge is 0.230 e. The lowest BCUT2D eigenvalue weighted by Gasteiger charge is -2.12. The molecule has 0 saturated carbocycles. The lowest BCUT2D eigenvalue weighted by molar-refractivity contribution is 0.313. The molecule has 1 N–H and O–H groups in total. The molecule has 21 heavy (non-hydrogen) atoms. The van der Waals surface area contributed by atoms with E-state index in [2.05, 4.69) is 22.0 Å². The molecule has 108 valence electrons. The average molecular weight is 284 g/mol. The second-order valence-corrected chi connectivity index (χ2v) is 5.02. The molecule has 1 saturated heterocycles. The zero-order valence-corrected chi connectivity index (χ0v) is 11.9. The summed E-state index contributed by atoms with van der Waals surface area (Å²) in [7, 11) is 0. The molecule has 1 fully saturated rings. The molecule has 1 aliphatic heterocycles. The summed E-state index contributed by atoms with van der Waals surface area (Å²) in [6.07, 6.45) is 3.29. The fourth-order valence-corrected chi connectivity index (χ4v) is 2.10. The Morgan fingerprint density at radius 2 is 2.24 bits per heavy atom. The van der Waals surface area contributed by atoms with Crippen LogP contribution in [-0.4, -0.2) is 38.5 Å². The van der Waals surface area contributed by atoms with Crippen LogP contribution in [-0.2, 0) is 0 Å². The van der Waals surface area contributed by atoms with Gasteiger partial charge in [0.1, 0.15) is 5.75 Å². The Morgan fingerprint density at radius 3 is 2.86 bits per heavy atom. The predicted octanol–water partition coefficient (Wildman–Crippen LogP) is 2.42. The van der Waals surface area contributed by atoms with Gasteiger partial charge in [-0.3, -0.25) is 4.98 Å². The van der Waals surface area contributed by atoms with E-state index < -0.39 is 0 Å². The third kappa shape index (κ3) is 2.79. The van der Waals surface area contributed by atoms with Crippen LogP contribution in [0, 0.1) is 6.92 Å². The van der Waals surface area contributed by atoms with Crippen LogP contribution < -0.4 is 4.74 Å². The highest BCUT2D eigenvalue weighted by atomic mass is 16.5. The predicted molar refractivity (Wildman–Crippen MR) is 77.8 cm³/mol. The van der Waals surface area contributed by atoms with Gasteiger partial charge in [0.2, 0.25) is 5.88 Å². The van der Waals surface area contributed by atoms with E-state index in [1.807, 2.05) is 24.0 Å². The molecule has 2 aromatic rings. The highest BCUT2D eigenvalue weighted by Gasteiger charge is 2.35. The van der Waals surface area contributed by atoms with Crippen LogP contribution in [0.2, 0.25) is 0 Å². The van der Waals surface area contributed by atoms with Crippen LogP contribution >= 0.6 is 0 Å². The quantitative estimate of drug-likeness (QED) is 0.308. The zero-order valence-electron chi connectivity index (χ0n) is 11.9. The van der Waals surface area contributed by atoms with Crippen LogP contribution in [0.1, 0.15) is 18.2 Å². The number of aryl methyl sites for hydroxylation is 1. The molecule has 0 amide bonds. The van der Waals surface area contributed by atoms with Crippen molar-refractivity contribution in [1.82, 2.24) is 14.9 Å². The van der Waals surface area contributed by atoms with E-state index in [-0.39, 0.29) is 0 Å². The maximum Gasteiger partial charge on any atom is 0.230 e. The number of aromatic nitrogens is 2. The third-order valence-electron chi connectivity index (χ3n) is 3.32. The molecular weight excluding hydrogens is 268 g/mol. The van der Waals surface area contributed by atoms with E-state index in [1.54, 1.807) is 24.5 Å². The summed E-state index contributed by atoms with van der Waals surface area (Å²) in [6, 6.07) is 7.68. The third-order valence-corrected chi connectivity index (χ3v) is 3.32. The molecule has 3 heterocycles. The molecule has 0 aromatic carbocycles. The zero-order chi connectivity index (χ0) is 14.8. The van der Waals surface area contributed by atoms with Gasteiger partial charge in [0.25, 0.3) is 0 Å². The minimum atomic E-state index is 0.364. The fourth-order valence-electron chi connectivity index (χ4n) is 2.10. The van der Waals surface area contributed by atoms with Gasteiger partial charge in [-0.2, -0.15) is 0 Å². The normalized spacial score (nSPS) is 17.7. The molecule has 6 nitrogen and oxygen atoms in total. The first-order valence-corrected chi connectivity index (χ1v) is 6.73. The van der Waals surface area contributed by atoms with E-state index in [0.717, 1.165) is 12.2 Å². The van der Waals surface area contributed by atoms with Crippen molar-refractivity contribution in [2.75, 3.05) is 6.54 Å². The van der Waals surface area contributed by atoms with Crippen LogP contribution in [0.15, 0.2) is 41.8 Å². The highest BCUT2D eigenvalue weighted by Crippen LogP contribution is 2.28. The Kier molecular flexibility index (Phi) is 3.43. The van der Waals surface area contributed by atoms with Crippen molar-refractivity contribution in [2.45, 2.75) is 19.9 Å². The maximum absolute atomic E-state index is 9.32. The number of amidine groups is 1. The molecule has 1 aliphatic rings. The number of oxime groups is 1. The number of pyridine rings is 2. The number of hydrogen-bond acceptors (Lipinski definition) is 5. The molecule has 1 atom stereocenters. The van der Waals surface area contributed by atoms with Gasteiger partial charge in [-0.15, -0.1) is 0 Å². The van der Waals surface area contributed by atoms with Gasteiger partial charge in [0.05, 0.1) is 11.8 Å². The Bertz CT molecular complexity index is 673. The van der Waals surface area contributed by atoms with Crippen molar-refractivity contribution < 1.29 is 9.94 Å². The first kappa shape index (κ1) is 13.4. The van der Waals surface area contributed by atoms with E-state index in [9.17, 15) is 5.21 Å². The minimum absolute atomic E-state index is 0.364. The first-order valence-electron chi connectivity index (χ1n) is 6.73. The molecule has 6 heteroatoms. The van der Waals surface area contributed by atoms with Crippen LogP contribution in [0.3, 0.4) is 0 Å². The van der Waals surface area contributed by atoms with Gasteiger partial charge < -0.3 is 14.8 Å². The van der Waals surface area contributed by atoms with Crippen molar-refractivity contribution in [3.05, 3.63) is 47.9 Å². The summed E-state index contributed by atoms with van der Waals surface area (Å²) in [6.45, 7) is 4.81. The summed E-state index contributed by atoms with van der Waals surface area (Å²) < 4.78 is 5.79. The van der Waals surface area contributed by atoms with Gasteiger partial charge in [-0.25, -0.2) is 4.98 Å². The summed E-state index contributed by atoms with van der Waals surface area (Å²) in [5, 5.41) is 12.7. The van der Waals surface area contributed by atoms with E-state index >= 15 is 0 Å². The molecular formula is C15H16N4O2. The van der Waals surface area contributed by atoms with Gasteiger partial charge >= 0.3 is 0 Å². The molecule has 0 bridgehead atoms. The summed E-state index contributed by atoms with van der Waals surface area (Å²) in [4.78, 5) is 10.4. The molecule has 0 spiro atoms. The number of hydrogen-bond donors (Lipinski definition) is 1. The molecule has 0 aliphatic carbocycles. The monoisotopic (exact) mass is 284 g/mol. The number of nitrogens with zero attached hydrogens (tertiary/aromatic N) is 4. The van der Waals surface area contributed by atoms with Gasteiger partial charge in [-0.05, 0) is 38.1 Å². The van der Waals surface area contributed by atoms with Crippen molar-refractivity contribution in [2.24, 2.45) is 5.16 Å².